The number of nitrogens with zero attached hydrogens (tertiary/aromatic N) is 1. The summed E-state index contributed by atoms with van der Waals surface area (Å²) in [6.45, 7) is 2.62. The Balaban J connectivity index is 1.60. The highest BCUT2D eigenvalue weighted by Crippen LogP contribution is 2.28. The summed E-state index contributed by atoms with van der Waals surface area (Å²) in [5, 5.41) is 7.60. The summed E-state index contributed by atoms with van der Waals surface area (Å²) in [4.78, 5) is 25.5. The molecule has 0 aliphatic carbocycles. The van der Waals surface area contributed by atoms with E-state index in [9.17, 15) is 9.59 Å². The number of carbonyl (C=O) groups is 2. The molecule has 0 bridgehead atoms. The van der Waals surface area contributed by atoms with Gasteiger partial charge < -0.3 is 28.4 Å². The Bertz CT molecular complexity index is 1460. The van der Waals surface area contributed by atoms with Crippen molar-refractivity contribution < 1.29 is 32.6 Å². The summed E-state index contributed by atoms with van der Waals surface area (Å²) in [7, 11) is 3.14. The average molecular weight is 506 g/mol. The number of hydrogen-bond donors (Lipinski definition) is 2. The molecule has 0 saturated carbocycles. The smallest absolute Gasteiger partial charge is 0.307 e. The topological polar surface area (TPSA) is 125 Å². The van der Waals surface area contributed by atoms with Gasteiger partial charge in [0.15, 0.2) is 28.6 Å². The number of methoxy groups -OCH3 is 2. The first-order valence-corrected chi connectivity index (χ1v) is 11.6. The molecule has 2 aromatic carbocycles. The van der Waals surface area contributed by atoms with Gasteiger partial charge in [0.1, 0.15) is 5.56 Å². The molecule has 0 fully saturated rings. The molecule has 0 atom stereocenters. The van der Waals surface area contributed by atoms with Crippen LogP contribution < -0.4 is 30.5 Å². The van der Waals surface area contributed by atoms with Crippen molar-refractivity contribution in [3.8, 4) is 17.2 Å². The Morgan fingerprint density at radius 2 is 1.78 bits per heavy atom. The molecule has 0 saturated heterocycles. The molecule has 10 nitrogen and oxygen atoms in total. The van der Waals surface area contributed by atoms with E-state index in [0.717, 1.165) is 5.56 Å². The highest BCUT2D eigenvalue weighted by atomic mass is 16.5. The quantitative estimate of drug-likeness (QED) is 0.315. The normalized spacial score (nSPS) is 11.3. The van der Waals surface area contributed by atoms with Gasteiger partial charge in [-0.2, -0.15) is 0 Å². The molecule has 0 aliphatic rings. The summed E-state index contributed by atoms with van der Waals surface area (Å²) >= 11 is 0. The molecule has 0 aliphatic heterocycles. The fourth-order valence-corrected chi connectivity index (χ4v) is 3.66. The van der Waals surface area contributed by atoms with Crippen molar-refractivity contribution in [2.75, 3.05) is 27.4 Å². The van der Waals surface area contributed by atoms with Crippen molar-refractivity contribution >= 4 is 22.8 Å². The third-order valence-corrected chi connectivity index (χ3v) is 5.43. The van der Waals surface area contributed by atoms with E-state index in [1.807, 2.05) is 25.1 Å². The van der Waals surface area contributed by atoms with Crippen LogP contribution >= 0.6 is 0 Å². The minimum absolute atomic E-state index is 0.0699. The first-order chi connectivity index (χ1) is 18.0. The van der Waals surface area contributed by atoms with Gasteiger partial charge in [0.2, 0.25) is 5.55 Å². The first kappa shape index (κ1) is 25.4. The zero-order chi connectivity index (χ0) is 26.2. The largest absolute Gasteiger partial charge is 0.493 e. The Morgan fingerprint density at radius 1 is 0.946 bits per heavy atom. The molecule has 2 aromatic heterocycles. The van der Waals surface area contributed by atoms with Gasteiger partial charge in [0, 0.05) is 11.9 Å². The molecule has 4 rings (SSSR count). The molecule has 10 heteroatoms. The number of hydrogen-bond acceptors (Lipinski definition) is 8. The molecule has 2 amide bonds. The molecular formula is C27H27N3O7. The van der Waals surface area contributed by atoms with Crippen LogP contribution in [0.25, 0.3) is 11.0 Å². The minimum atomic E-state index is -0.585. The maximum absolute atomic E-state index is 13.2. The molecular weight excluding hydrogens is 478 g/mol. The van der Waals surface area contributed by atoms with E-state index in [4.69, 9.17) is 23.0 Å². The average Bonchev–Trinajstić information content (AvgIpc) is 3.47. The highest BCUT2D eigenvalue weighted by molar-refractivity contribution is 5.97. The molecule has 37 heavy (non-hydrogen) atoms. The Labute approximate surface area is 212 Å². The van der Waals surface area contributed by atoms with Gasteiger partial charge in [-0.3, -0.25) is 9.59 Å². The van der Waals surface area contributed by atoms with E-state index in [1.54, 1.807) is 44.6 Å². The van der Waals surface area contributed by atoms with Crippen LogP contribution in [0.4, 0.5) is 0 Å². The van der Waals surface area contributed by atoms with Crippen molar-refractivity contribution in [2.24, 2.45) is 5.10 Å². The van der Waals surface area contributed by atoms with E-state index in [1.165, 1.54) is 12.3 Å². The maximum Gasteiger partial charge on any atom is 0.307 e. The zero-order valence-electron chi connectivity index (χ0n) is 20.7. The molecule has 4 aromatic rings. The van der Waals surface area contributed by atoms with Crippen LogP contribution in [0.2, 0.25) is 0 Å². The monoisotopic (exact) mass is 505 g/mol. The molecule has 0 spiro atoms. The fourth-order valence-electron chi connectivity index (χ4n) is 3.66. The third-order valence-electron chi connectivity index (χ3n) is 5.43. The van der Waals surface area contributed by atoms with E-state index < -0.39 is 11.8 Å². The van der Waals surface area contributed by atoms with Crippen LogP contribution in [0.5, 0.6) is 17.2 Å². The van der Waals surface area contributed by atoms with Gasteiger partial charge in [0.05, 0.1) is 27.1 Å². The van der Waals surface area contributed by atoms with Gasteiger partial charge in [-0.05, 0) is 55.3 Å². The van der Waals surface area contributed by atoms with Gasteiger partial charge in [-0.15, -0.1) is 5.10 Å². The second-order valence-electron chi connectivity index (χ2n) is 7.80. The molecule has 192 valence electrons. The fraction of sp³-hybridized carbons (Fsp3) is 0.222. The number of benzene rings is 2. The summed E-state index contributed by atoms with van der Waals surface area (Å²) in [5.41, 5.74) is 3.79. The van der Waals surface area contributed by atoms with Crippen LogP contribution in [0.1, 0.15) is 33.4 Å². The van der Waals surface area contributed by atoms with Gasteiger partial charge in [-0.1, -0.05) is 18.2 Å². The Hall–Kier alpha value is -4.73. The third kappa shape index (κ3) is 5.92. The summed E-state index contributed by atoms with van der Waals surface area (Å²) in [6, 6.07) is 15.7. The number of carbonyl (C=O) groups excluding carboxylic acids is 2. The number of ether oxygens (including phenoxy) is 3. The lowest BCUT2D eigenvalue weighted by atomic mass is 10.1. The van der Waals surface area contributed by atoms with Crippen LogP contribution in [0.3, 0.4) is 0 Å². The van der Waals surface area contributed by atoms with Gasteiger partial charge in [0.25, 0.3) is 5.91 Å². The van der Waals surface area contributed by atoms with E-state index in [0.29, 0.717) is 47.8 Å². The van der Waals surface area contributed by atoms with Crippen molar-refractivity contribution in [3.63, 3.8) is 0 Å². The SMILES string of the molecule is CCOc1cccc2cc(C(=O)NCCc3ccc(OC)c(OC)c3)/c(=N\NC(=O)c3ccco3)oc12. The van der Waals surface area contributed by atoms with E-state index in [2.05, 4.69) is 15.8 Å². The number of fused-ring (bicyclic) bond motifs is 1. The van der Waals surface area contributed by atoms with E-state index in [-0.39, 0.29) is 16.9 Å². The minimum Gasteiger partial charge on any atom is -0.493 e. The van der Waals surface area contributed by atoms with Crippen LogP contribution in [-0.4, -0.2) is 39.2 Å². The first-order valence-electron chi connectivity index (χ1n) is 11.6. The Kier molecular flexibility index (Phi) is 8.09. The van der Waals surface area contributed by atoms with Gasteiger partial charge >= 0.3 is 5.91 Å². The van der Waals surface area contributed by atoms with Crippen molar-refractivity contribution in [1.82, 2.24) is 10.7 Å². The maximum atomic E-state index is 13.2. The number of furan rings is 1. The summed E-state index contributed by atoms with van der Waals surface area (Å²) in [5.74, 6) is 0.798. The summed E-state index contributed by atoms with van der Waals surface area (Å²) < 4.78 is 27.3. The lowest BCUT2D eigenvalue weighted by Gasteiger charge is -2.11. The predicted molar refractivity (Wildman–Crippen MR) is 135 cm³/mol. The van der Waals surface area contributed by atoms with Crippen molar-refractivity contribution in [2.45, 2.75) is 13.3 Å². The zero-order valence-corrected chi connectivity index (χ0v) is 20.7. The van der Waals surface area contributed by atoms with Crippen molar-refractivity contribution in [1.29, 1.82) is 0 Å². The Morgan fingerprint density at radius 3 is 2.51 bits per heavy atom. The second-order valence-corrected chi connectivity index (χ2v) is 7.80. The number of rotatable bonds is 10. The van der Waals surface area contributed by atoms with Crippen LogP contribution in [0, 0.1) is 0 Å². The second kappa shape index (κ2) is 11.8. The standard InChI is InChI=1S/C27H27N3O7/c1-4-35-21-8-5-7-18-16-19(27(37-24(18)21)30-29-26(32)22-9-6-14-36-22)25(31)28-13-12-17-10-11-20(33-2)23(15-17)34-3/h5-11,14-16H,4,12-13H2,1-3H3,(H,28,31)(H,29,32)/b30-27+. The lowest BCUT2D eigenvalue weighted by Crippen LogP contribution is -2.32. The molecule has 0 unspecified atom stereocenters. The number of para-hydroxylation sites is 1. The number of nitrogens with one attached hydrogen (secondary N) is 2. The van der Waals surface area contributed by atoms with Gasteiger partial charge in [-0.25, -0.2) is 5.43 Å². The predicted octanol–water partition coefficient (Wildman–Crippen LogP) is 3.66. The summed E-state index contributed by atoms with van der Waals surface area (Å²) in [6.07, 6.45) is 1.92. The lowest BCUT2D eigenvalue weighted by molar-refractivity contribution is 0.0916. The highest BCUT2D eigenvalue weighted by Gasteiger charge is 2.16. The van der Waals surface area contributed by atoms with Crippen molar-refractivity contribution in [3.05, 3.63) is 83.3 Å². The van der Waals surface area contributed by atoms with Crippen LogP contribution in [-0.2, 0) is 6.42 Å². The van der Waals surface area contributed by atoms with Crippen LogP contribution in [0.15, 0.2) is 74.8 Å². The molecule has 2 N–H and O–H groups in total. The van der Waals surface area contributed by atoms with E-state index >= 15 is 0 Å². The molecule has 0 radical (unpaired) electrons. The molecule has 2 heterocycles. The number of amides is 2.